The van der Waals surface area contributed by atoms with Crippen molar-refractivity contribution in [3.05, 3.63) is 51.0 Å². The molecule has 1 aliphatic rings. The number of hydrogen-bond acceptors (Lipinski definition) is 4. The zero-order valence-electron chi connectivity index (χ0n) is 18.0. The molecule has 2 amide bonds. The second-order valence-electron chi connectivity index (χ2n) is 7.54. The highest BCUT2D eigenvalue weighted by molar-refractivity contribution is 9.10. The standard InChI is InChI=1S/C23H27BrClN3O3/c1-4-5-21(29)28-10-8-27(9-11-28)20-7-6-17(14-19(20)25)26-23(30)18-13-16(24)12-15(2)22(18)31-3/h6-7,12-14H,4-5,8-11H2,1-3H3,(H,26,30). The molecule has 0 bridgehead atoms. The molecule has 0 saturated carbocycles. The summed E-state index contributed by atoms with van der Waals surface area (Å²) in [6.07, 6.45) is 1.46. The molecule has 6 nitrogen and oxygen atoms in total. The summed E-state index contributed by atoms with van der Waals surface area (Å²) in [6, 6.07) is 9.13. The highest BCUT2D eigenvalue weighted by Crippen LogP contribution is 2.32. The van der Waals surface area contributed by atoms with Crippen LogP contribution in [0.2, 0.25) is 5.02 Å². The molecular weight excluding hydrogens is 482 g/mol. The van der Waals surface area contributed by atoms with E-state index >= 15 is 0 Å². The molecule has 31 heavy (non-hydrogen) atoms. The van der Waals surface area contributed by atoms with Gasteiger partial charge in [0, 0.05) is 42.8 Å². The fourth-order valence-electron chi connectivity index (χ4n) is 3.78. The summed E-state index contributed by atoms with van der Waals surface area (Å²) < 4.78 is 6.22. The minimum atomic E-state index is -0.270. The Kier molecular flexibility index (Phi) is 7.84. The lowest BCUT2D eigenvalue weighted by atomic mass is 10.1. The van der Waals surface area contributed by atoms with Crippen LogP contribution in [0.1, 0.15) is 35.7 Å². The van der Waals surface area contributed by atoms with Crippen LogP contribution < -0.4 is 15.0 Å². The van der Waals surface area contributed by atoms with Crippen LogP contribution in [-0.2, 0) is 4.79 Å². The number of carbonyl (C=O) groups excluding carboxylic acids is 2. The van der Waals surface area contributed by atoms with Crippen molar-refractivity contribution in [3.8, 4) is 5.75 Å². The summed E-state index contributed by atoms with van der Waals surface area (Å²) in [5, 5.41) is 3.46. The van der Waals surface area contributed by atoms with Gasteiger partial charge in [-0.15, -0.1) is 0 Å². The summed E-state index contributed by atoms with van der Waals surface area (Å²) in [5.74, 6) is 0.483. The molecule has 0 spiro atoms. The number of rotatable bonds is 6. The zero-order chi connectivity index (χ0) is 22.5. The summed E-state index contributed by atoms with van der Waals surface area (Å²) in [4.78, 5) is 29.0. The molecule has 2 aromatic rings. The average molecular weight is 509 g/mol. The van der Waals surface area contributed by atoms with Crippen molar-refractivity contribution in [1.29, 1.82) is 0 Å². The van der Waals surface area contributed by atoms with Crippen molar-refractivity contribution < 1.29 is 14.3 Å². The minimum absolute atomic E-state index is 0.213. The van der Waals surface area contributed by atoms with Crippen LogP contribution in [0.15, 0.2) is 34.8 Å². The van der Waals surface area contributed by atoms with E-state index in [1.807, 2.05) is 36.9 Å². The van der Waals surface area contributed by atoms with Crippen molar-refractivity contribution in [2.24, 2.45) is 0 Å². The Bertz CT molecular complexity index is 975. The SMILES string of the molecule is CCCC(=O)N1CCN(c2ccc(NC(=O)c3cc(Br)cc(C)c3OC)cc2Cl)CC1. The number of halogens is 2. The number of benzene rings is 2. The molecule has 2 aromatic carbocycles. The summed E-state index contributed by atoms with van der Waals surface area (Å²) in [7, 11) is 1.55. The van der Waals surface area contributed by atoms with E-state index in [1.54, 1.807) is 19.2 Å². The Morgan fingerprint density at radius 2 is 1.87 bits per heavy atom. The first-order valence-electron chi connectivity index (χ1n) is 10.3. The van der Waals surface area contributed by atoms with E-state index in [0.717, 1.165) is 35.2 Å². The molecule has 1 N–H and O–H groups in total. The van der Waals surface area contributed by atoms with Crippen LogP contribution in [0.5, 0.6) is 5.75 Å². The van der Waals surface area contributed by atoms with Gasteiger partial charge in [-0.1, -0.05) is 34.5 Å². The fraction of sp³-hybridized carbons (Fsp3) is 0.391. The quantitative estimate of drug-likeness (QED) is 0.588. The van der Waals surface area contributed by atoms with Gasteiger partial charge in [0.2, 0.25) is 5.91 Å². The molecule has 0 unspecified atom stereocenters. The molecule has 0 aliphatic carbocycles. The van der Waals surface area contributed by atoms with Gasteiger partial charge in [-0.05, 0) is 49.2 Å². The largest absolute Gasteiger partial charge is 0.496 e. The second-order valence-corrected chi connectivity index (χ2v) is 8.86. The van der Waals surface area contributed by atoms with E-state index in [0.29, 0.717) is 41.5 Å². The second kappa shape index (κ2) is 10.4. The van der Waals surface area contributed by atoms with Gasteiger partial charge >= 0.3 is 0 Å². The number of aryl methyl sites for hydroxylation is 1. The topological polar surface area (TPSA) is 61.9 Å². The molecule has 1 fully saturated rings. The Morgan fingerprint density at radius 1 is 1.16 bits per heavy atom. The Balaban J connectivity index is 1.69. The van der Waals surface area contributed by atoms with E-state index in [4.69, 9.17) is 16.3 Å². The van der Waals surface area contributed by atoms with E-state index in [1.165, 1.54) is 0 Å². The Hall–Kier alpha value is -2.25. The van der Waals surface area contributed by atoms with Gasteiger partial charge in [0.1, 0.15) is 5.75 Å². The van der Waals surface area contributed by atoms with Crippen molar-refractivity contribution >= 4 is 50.7 Å². The summed E-state index contributed by atoms with van der Waals surface area (Å²) in [6.45, 7) is 6.75. The van der Waals surface area contributed by atoms with Gasteiger partial charge in [0.25, 0.3) is 5.91 Å². The Labute approximate surface area is 196 Å². The number of methoxy groups -OCH3 is 1. The summed E-state index contributed by atoms with van der Waals surface area (Å²) in [5.41, 5.74) is 2.82. The van der Waals surface area contributed by atoms with Gasteiger partial charge in [-0.2, -0.15) is 0 Å². The number of nitrogens with zero attached hydrogens (tertiary/aromatic N) is 2. The number of anilines is 2. The van der Waals surface area contributed by atoms with Crippen molar-refractivity contribution in [2.75, 3.05) is 43.5 Å². The van der Waals surface area contributed by atoms with Gasteiger partial charge in [0.15, 0.2) is 0 Å². The predicted molar refractivity (Wildman–Crippen MR) is 129 cm³/mol. The highest BCUT2D eigenvalue weighted by Gasteiger charge is 2.22. The average Bonchev–Trinajstić information content (AvgIpc) is 2.73. The minimum Gasteiger partial charge on any atom is -0.496 e. The van der Waals surface area contributed by atoms with Crippen LogP contribution in [0, 0.1) is 6.92 Å². The Morgan fingerprint density at radius 3 is 2.48 bits per heavy atom. The first kappa shape index (κ1) is 23.4. The van der Waals surface area contributed by atoms with E-state index < -0.39 is 0 Å². The molecule has 1 saturated heterocycles. The first-order valence-corrected chi connectivity index (χ1v) is 11.5. The monoisotopic (exact) mass is 507 g/mol. The molecular formula is C23H27BrClN3O3. The van der Waals surface area contributed by atoms with Gasteiger partial charge in [-0.25, -0.2) is 0 Å². The lowest BCUT2D eigenvalue weighted by Crippen LogP contribution is -2.48. The van der Waals surface area contributed by atoms with Crippen molar-refractivity contribution in [1.82, 2.24) is 4.90 Å². The molecule has 3 rings (SSSR count). The number of piperazine rings is 1. The number of nitrogens with one attached hydrogen (secondary N) is 1. The normalized spacial score (nSPS) is 13.8. The van der Waals surface area contributed by atoms with Crippen LogP contribution in [-0.4, -0.2) is 50.0 Å². The van der Waals surface area contributed by atoms with Crippen LogP contribution in [0.25, 0.3) is 0 Å². The number of hydrogen-bond donors (Lipinski definition) is 1. The van der Waals surface area contributed by atoms with E-state index in [2.05, 4.69) is 26.1 Å². The molecule has 166 valence electrons. The molecule has 0 radical (unpaired) electrons. The van der Waals surface area contributed by atoms with Crippen LogP contribution in [0.4, 0.5) is 11.4 Å². The maximum absolute atomic E-state index is 12.8. The lowest BCUT2D eigenvalue weighted by Gasteiger charge is -2.36. The van der Waals surface area contributed by atoms with Crippen LogP contribution in [0.3, 0.4) is 0 Å². The van der Waals surface area contributed by atoms with E-state index in [9.17, 15) is 9.59 Å². The van der Waals surface area contributed by atoms with Gasteiger partial charge < -0.3 is 19.9 Å². The van der Waals surface area contributed by atoms with Crippen LogP contribution >= 0.6 is 27.5 Å². The summed E-state index contributed by atoms with van der Waals surface area (Å²) >= 11 is 9.97. The third kappa shape index (κ3) is 5.52. The van der Waals surface area contributed by atoms with Crippen molar-refractivity contribution in [3.63, 3.8) is 0 Å². The third-order valence-corrected chi connectivity index (χ3v) is 6.09. The number of carbonyl (C=O) groups is 2. The molecule has 1 heterocycles. The highest BCUT2D eigenvalue weighted by atomic mass is 79.9. The number of amides is 2. The van der Waals surface area contributed by atoms with Crippen molar-refractivity contribution in [2.45, 2.75) is 26.7 Å². The molecule has 1 aliphatic heterocycles. The first-order chi connectivity index (χ1) is 14.8. The molecule has 8 heteroatoms. The van der Waals surface area contributed by atoms with Gasteiger partial charge in [-0.3, -0.25) is 9.59 Å². The van der Waals surface area contributed by atoms with E-state index in [-0.39, 0.29) is 11.8 Å². The lowest BCUT2D eigenvalue weighted by molar-refractivity contribution is -0.131. The smallest absolute Gasteiger partial charge is 0.259 e. The predicted octanol–water partition coefficient (Wildman–Crippen LogP) is 5.12. The van der Waals surface area contributed by atoms with Gasteiger partial charge in [0.05, 0.1) is 23.4 Å². The maximum Gasteiger partial charge on any atom is 0.259 e. The molecule has 0 aromatic heterocycles. The fourth-order valence-corrected chi connectivity index (χ4v) is 4.65. The third-order valence-electron chi connectivity index (χ3n) is 5.33. The maximum atomic E-state index is 12.8. The number of ether oxygens (including phenoxy) is 1. The molecule has 0 atom stereocenters. The zero-order valence-corrected chi connectivity index (χ0v) is 20.3.